The standard InChI is InChI=1S/C34H52N4O3/c1-21(2)31(36-33(40)41-7)32(39)37-18-8-9-30(37)28-19-23-11-12-24(20-27(23)35-28)29-17-10-22(3)38(29)26-15-13-25(14-16-26)34(4,5)6/h13-16,19,21-24,27,29-31,35H,8-12,17-18,20H2,1-7H3,(H,36,40)/t22-,23?,24?,27?,29+,30-,31-/m0/s1. The number of anilines is 1. The molecule has 3 fully saturated rings. The predicted molar refractivity (Wildman–Crippen MR) is 165 cm³/mol. The van der Waals surface area contributed by atoms with Crippen LogP contribution < -0.4 is 15.5 Å². The number of amides is 2. The van der Waals surface area contributed by atoms with E-state index < -0.39 is 12.1 Å². The van der Waals surface area contributed by atoms with Gasteiger partial charge in [-0.25, -0.2) is 4.79 Å². The molecule has 226 valence electrons. The number of carbonyl (C=O) groups excluding carboxylic acids is 2. The Balaban J connectivity index is 1.25. The molecule has 3 aliphatic heterocycles. The average molecular weight is 565 g/mol. The van der Waals surface area contributed by atoms with Gasteiger partial charge < -0.3 is 25.2 Å². The molecule has 7 heteroatoms. The molecule has 5 rings (SSSR count). The topological polar surface area (TPSA) is 73.9 Å². The summed E-state index contributed by atoms with van der Waals surface area (Å²) in [4.78, 5) is 30.3. The number of methoxy groups -OCH3 is 1. The van der Waals surface area contributed by atoms with Gasteiger partial charge in [0.1, 0.15) is 6.04 Å². The fourth-order valence-electron chi connectivity index (χ4n) is 7.93. The summed E-state index contributed by atoms with van der Waals surface area (Å²) in [6.45, 7) is 13.9. The van der Waals surface area contributed by atoms with Crippen LogP contribution >= 0.6 is 0 Å². The van der Waals surface area contributed by atoms with Crippen LogP contribution in [0.3, 0.4) is 0 Å². The molecule has 3 heterocycles. The van der Waals surface area contributed by atoms with Gasteiger partial charge in [-0.3, -0.25) is 4.79 Å². The Hall–Kier alpha value is -2.70. The maximum absolute atomic E-state index is 13.6. The molecular formula is C34H52N4O3. The molecule has 0 radical (unpaired) electrons. The van der Waals surface area contributed by atoms with E-state index in [4.69, 9.17) is 4.74 Å². The van der Waals surface area contributed by atoms with Crippen molar-refractivity contribution in [3.63, 3.8) is 0 Å². The minimum Gasteiger partial charge on any atom is -0.453 e. The first-order valence-corrected chi connectivity index (χ1v) is 16.0. The molecule has 0 aromatic heterocycles. The van der Waals surface area contributed by atoms with Crippen molar-refractivity contribution in [1.82, 2.24) is 15.5 Å². The second-order valence-corrected chi connectivity index (χ2v) is 14.4. The summed E-state index contributed by atoms with van der Waals surface area (Å²) in [6.07, 6.45) is 9.99. The van der Waals surface area contributed by atoms with Gasteiger partial charge in [0.2, 0.25) is 5.91 Å². The second kappa shape index (κ2) is 11.9. The molecule has 7 atom stereocenters. The van der Waals surface area contributed by atoms with Crippen molar-refractivity contribution in [2.24, 2.45) is 17.8 Å². The normalized spacial score (nSPS) is 30.6. The van der Waals surface area contributed by atoms with Crippen molar-refractivity contribution in [2.45, 2.75) is 122 Å². The van der Waals surface area contributed by atoms with Crippen molar-refractivity contribution in [1.29, 1.82) is 0 Å². The van der Waals surface area contributed by atoms with Crippen molar-refractivity contribution >= 4 is 17.7 Å². The van der Waals surface area contributed by atoms with Crippen LogP contribution in [0.4, 0.5) is 10.5 Å². The van der Waals surface area contributed by atoms with Gasteiger partial charge in [0, 0.05) is 36.1 Å². The lowest BCUT2D eigenvalue weighted by Crippen LogP contribution is -2.53. The van der Waals surface area contributed by atoms with Gasteiger partial charge in [-0.2, -0.15) is 0 Å². The third kappa shape index (κ3) is 6.10. The summed E-state index contributed by atoms with van der Waals surface area (Å²) < 4.78 is 4.80. The van der Waals surface area contributed by atoms with Crippen molar-refractivity contribution in [2.75, 3.05) is 18.6 Å². The summed E-state index contributed by atoms with van der Waals surface area (Å²) in [5.41, 5.74) is 4.15. The molecule has 1 saturated carbocycles. The van der Waals surface area contributed by atoms with E-state index in [2.05, 4.69) is 73.6 Å². The fraction of sp³-hybridized carbons (Fsp3) is 0.706. The van der Waals surface area contributed by atoms with E-state index in [0.717, 1.165) is 19.4 Å². The maximum Gasteiger partial charge on any atom is 0.407 e. The average Bonchev–Trinajstić information content (AvgIpc) is 3.68. The van der Waals surface area contributed by atoms with Crippen LogP contribution in [-0.4, -0.2) is 60.8 Å². The van der Waals surface area contributed by atoms with Crippen molar-refractivity contribution in [3.8, 4) is 0 Å². The number of likely N-dealkylation sites (tertiary alicyclic amines) is 1. The molecule has 0 bridgehead atoms. The van der Waals surface area contributed by atoms with E-state index in [1.165, 1.54) is 56.2 Å². The molecule has 1 aromatic carbocycles. The Morgan fingerprint density at radius 3 is 2.44 bits per heavy atom. The molecule has 2 saturated heterocycles. The lowest BCUT2D eigenvalue weighted by molar-refractivity contribution is -0.134. The van der Waals surface area contributed by atoms with Crippen molar-refractivity contribution in [3.05, 3.63) is 41.6 Å². The summed E-state index contributed by atoms with van der Waals surface area (Å²) in [5.74, 6) is 1.18. The summed E-state index contributed by atoms with van der Waals surface area (Å²) in [5, 5.41) is 6.70. The van der Waals surface area contributed by atoms with E-state index in [1.54, 1.807) is 0 Å². The number of hydrogen-bond acceptors (Lipinski definition) is 5. The molecule has 2 amide bonds. The van der Waals surface area contributed by atoms with Gasteiger partial charge in [-0.15, -0.1) is 0 Å². The van der Waals surface area contributed by atoms with Crippen LogP contribution in [0.15, 0.2) is 36.0 Å². The van der Waals surface area contributed by atoms with E-state index in [0.29, 0.717) is 30.0 Å². The molecule has 7 nitrogen and oxygen atoms in total. The molecule has 41 heavy (non-hydrogen) atoms. The summed E-state index contributed by atoms with van der Waals surface area (Å²) in [6, 6.07) is 10.4. The zero-order valence-corrected chi connectivity index (χ0v) is 26.3. The molecule has 1 aromatic rings. The van der Waals surface area contributed by atoms with E-state index >= 15 is 0 Å². The highest BCUT2D eigenvalue weighted by molar-refractivity contribution is 5.86. The van der Waals surface area contributed by atoms with Gasteiger partial charge in [0.25, 0.3) is 0 Å². The van der Waals surface area contributed by atoms with Crippen LogP contribution in [0.1, 0.15) is 92.1 Å². The number of alkyl carbamates (subject to hydrolysis) is 1. The lowest BCUT2D eigenvalue weighted by Gasteiger charge is -2.41. The van der Waals surface area contributed by atoms with E-state index in [1.807, 2.05) is 18.7 Å². The Morgan fingerprint density at radius 2 is 1.78 bits per heavy atom. The Labute approximate surface area is 247 Å². The minimum atomic E-state index is -0.579. The van der Waals surface area contributed by atoms with Gasteiger partial charge in [-0.05, 0) is 92.7 Å². The van der Waals surface area contributed by atoms with Gasteiger partial charge >= 0.3 is 6.09 Å². The van der Waals surface area contributed by atoms with Crippen LogP contribution in [-0.2, 0) is 14.9 Å². The largest absolute Gasteiger partial charge is 0.453 e. The van der Waals surface area contributed by atoms with Crippen LogP contribution in [0.5, 0.6) is 0 Å². The lowest BCUT2D eigenvalue weighted by atomic mass is 9.75. The number of fused-ring (bicyclic) bond motifs is 1. The van der Waals surface area contributed by atoms with Crippen LogP contribution in [0.2, 0.25) is 0 Å². The zero-order chi connectivity index (χ0) is 29.5. The SMILES string of the molecule is COC(=O)N[C@H](C(=O)N1CCC[C@H]1C1=CC2CCC([C@H]3CC[C@H](C)N3c3ccc(C(C)(C)C)cc3)CC2N1)C(C)C. The first kappa shape index (κ1) is 29.8. The van der Waals surface area contributed by atoms with E-state index in [-0.39, 0.29) is 23.3 Å². The van der Waals surface area contributed by atoms with Crippen molar-refractivity contribution < 1.29 is 14.3 Å². The Kier molecular flexibility index (Phi) is 8.63. The first-order chi connectivity index (χ1) is 19.5. The predicted octanol–water partition coefficient (Wildman–Crippen LogP) is 5.99. The van der Waals surface area contributed by atoms with Gasteiger partial charge in [0.15, 0.2) is 0 Å². The molecular weight excluding hydrogens is 512 g/mol. The number of rotatable bonds is 6. The Bertz CT molecular complexity index is 1120. The number of hydrogen-bond donors (Lipinski definition) is 2. The number of carbonyl (C=O) groups is 2. The quantitative estimate of drug-likeness (QED) is 0.444. The van der Waals surface area contributed by atoms with Crippen LogP contribution in [0, 0.1) is 17.8 Å². The molecule has 1 aliphatic carbocycles. The molecule has 0 spiro atoms. The fourth-order valence-corrected chi connectivity index (χ4v) is 7.93. The number of benzene rings is 1. The van der Waals surface area contributed by atoms with Gasteiger partial charge in [-0.1, -0.05) is 52.8 Å². The van der Waals surface area contributed by atoms with Gasteiger partial charge in [0.05, 0.1) is 13.2 Å². The summed E-state index contributed by atoms with van der Waals surface area (Å²) in [7, 11) is 1.34. The number of nitrogens with zero attached hydrogens (tertiary/aromatic N) is 2. The number of nitrogens with one attached hydrogen (secondary N) is 2. The Morgan fingerprint density at radius 1 is 1.05 bits per heavy atom. The third-order valence-electron chi connectivity index (χ3n) is 10.3. The smallest absolute Gasteiger partial charge is 0.407 e. The maximum atomic E-state index is 13.6. The highest BCUT2D eigenvalue weighted by Gasteiger charge is 2.45. The first-order valence-electron chi connectivity index (χ1n) is 16.0. The second-order valence-electron chi connectivity index (χ2n) is 14.4. The van der Waals surface area contributed by atoms with E-state index in [9.17, 15) is 9.59 Å². The highest BCUT2D eigenvalue weighted by atomic mass is 16.5. The van der Waals surface area contributed by atoms with Crippen LogP contribution in [0.25, 0.3) is 0 Å². The monoisotopic (exact) mass is 564 g/mol. The molecule has 4 aliphatic rings. The number of ether oxygens (including phenoxy) is 1. The molecule has 3 unspecified atom stereocenters. The third-order valence-corrected chi connectivity index (χ3v) is 10.3. The molecule has 2 N–H and O–H groups in total. The highest BCUT2D eigenvalue weighted by Crippen LogP contribution is 2.44. The minimum absolute atomic E-state index is 0.00332. The zero-order valence-electron chi connectivity index (χ0n) is 26.3. The summed E-state index contributed by atoms with van der Waals surface area (Å²) >= 11 is 0.